The van der Waals surface area contributed by atoms with Crippen molar-refractivity contribution in [1.29, 1.82) is 5.26 Å². The number of nitrogens with zero attached hydrogens (tertiary/aromatic N) is 6. The van der Waals surface area contributed by atoms with Crippen LogP contribution in [-0.4, -0.2) is 83.5 Å². The number of hydrogen-bond donors (Lipinski definition) is 0. The second-order valence-corrected chi connectivity index (χ2v) is 11.9. The quantitative estimate of drug-likeness (QED) is 0.363. The van der Waals surface area contributed by atoms with E-state index < -0.39 is 12.0 Å². The van der Waals surface area contributed by atoms with E-state index in [1.54, 1.807) is 16.8 Å². The number of amides is 1. The lowest BCUT2D eigenvalue weighted by molar-refractivity contribution is -0.128. The van der Waals surface area contributed by atoms with Gasteiger partial charge in [0.2, 0.25) is 5.91 Å². The molecule has 0 N–H and O–H groups in total. The molecule has 0 aliphatic carbocycles. The van der Waals surface area contributed by atoms with Crippen LogP contribution in [0.15, 0.2) is 49.1 Å². The molecule has 2 aromatic carbocycles. The third kappa shape index (κ3) is 5.84. The molecule has 3 atom stereocenters. The zero-order valence-corrected chi connectivity index (χ0v) is 25.0. The van der Waals surface area contributed by atoms with Crippen molar-refractivity contribution in [2.45, 2.75) is 56.9 Å². The SMILES string of the molecule is C=CC(=O)N1CCN(c2nc(OC[C@@H]3CC(F)(F)CN3C)nc3c2COC(c2cccc4cccc(C)c24)C3)C[C@@H]1CC#N. The molecule has 2 saturated heterocycles. The number of aryl methyl sites for hydroxylation is 1. The molecule has 3 aliphatic heterocycles. The van der Waals surface area contributed by atoms with Crippen molar-refractivity contribution in [2.75, 3.05) is 44.7 Å². The summed E-state index contributed by atoms with van der Waals surface area (Å²) in [5.74, 6) is -2.35. The molecule has 0 bridgehead atoms. The predicted molar refractivity (Wildman–Crippen MR) is 162 cm³/mol. The number of fused-ring (bicyclic) bond motifs is 2. The number of anilines is 1. The Bertz CT molecular complexity index is 1620. The van der Waals surface area contributed by atoms with E-state index in [1.165, 1.54) is 6.08 Å². The van der Waals surface area contributed by atoms with E-state index >= 15 is 0 Å². The number of carbonyl (C=O) groups is 1. The number of piperazine rings is 1. The number of alkyl halides is 2. The van der Waals surface area contributed by atoms with Gasteiger partial charge in [0, 0.05) is 44.1 Å². The maximum Gasteiger partial charge on any atom is 0.318 e. The fourth-order valence-electron chi connectivity index (χ4n) is 6.74. The molecule has 230 valence electrons. The van der Waals surface area contributed by atoms with Crippen LogP contribution in [0.25, 0.3) is 10.8 Å². The fourth-order valence-corrected chi connectivity index (χ4v) is 6.74. The maximum absolute atomic E-state index is 14.1. The Morgan fingerprint density at radius 3 is 2.75 bits per heavy atom. The summed E-state index contributed by atoms with van der Waals surface area (Å²) in [4.78, 5) is 27.4. The molecule has 44 heavy (non-hydrogen) atoms. The van der Waals surface area contributed by atoms with Gasteiger partial charge in [0.05, 0.1) is 43.5 Å². The highest BCUT2D eigenvalue weighted by atomic mass is 19.3. The molecular formula is C33H36F2N6O3. The van der Waals surface area contributed by atoms with E-state index in [0.29, 0.717) is 31.9 Å². The number of aromatic nitrogens is 2. The minimum absolute atomic E-state index is 0.0332. The predicted octanol–water partition coefficient (Wildman–Crippen LogP) is 4.59. The Labute approximate surface area is 255 Å². The lowest BCUT2D eigenvalue weighted by atomic mass is 9.92. The first kappa shape index (κ1) is 29.9. The second-order valence-electron chi connectivity index (χ2n) is 11.9. The number of carbonyl (C=O) groups excluding carboxylic acids is 1. The van der Waals surface area contributed by atoms with Crippen molar-refractivity contribution in [1.82, 2.24) is 19.8 Å². The molecule has 3 aromatic rings. The van der Waals surface area contributed by atoms with E-state index in [0.717, 1.165) is 33.2 Å². The summed E-state index contributed by atoms with van der Waals surface area (Å²) in [5.41, 5.74) is 3.84. The van der Waals surface area contributed by atoms with Crippen LogP contribution in [0, 0.1) is 18.3 Å². The summed E-state index contributed by atoms with van der Waals surface area (Å²) >= 11 is 0. The van der Waals surface area contributed by atoms with Crippen molar-refractivity contribution in [3.05, 3.63) is 71.4 Å². The number of nitriles is 1. The summed E-state index contributed by atoms with van der Waals surface area (Å²) in [6, 6.07) is 13.9. The summed E-state index contributed by atoms with van der Waals surface area (Å²) in [5, 5.41) is 11.8. The zero-order chi connectivity index (χ0) is 31.0. The molecule has 3 aliphatic rings. The lowest BCUT2D eigenvalue weighted by Crippen LogP contribution is -2.55. The van der Waals surface area contributed by atoms with Gasteiger partial charge in [0.25, 0.3) is 5.92 Å². The highest BCUT2D eigenvalue weighted by molar-refractivity contribution is 5.89. The molecule has 0 radical (unpaired) electrons. The molecule has 0 saturated carbocycles. The molecule has 4 heterocycles. The van der Waals surface area contributed by atoms with E-state index in [4.69, 9.17) is 19.4 Å². The molecule has 1 unspecified atom stereocenters. The van der Waals surface area contributed by atoms with E-state index in [9.17, 15) is 18.8 Å². The van der Waals surface area contributed by atoms with Crippen LogP contribution in [0.3, 0.4) is 0 Å². The molecule has 2 fully saturated rings. The van der Waals surface area contributed by atoms with Crippen LogP contribution in [0.1, 0.15) is 41.3 Å². The minimum atomic E-state index is -2.76. The molecule has 1 aromatic heterocycles. The van der Waals surface area contributed by atoms with Gasteiger partial charge >= 0.3 is 6.01 Å². The normalized spacial score (nSPS) is 23.3. The van der Waals surface area contributed by atoms with Crippen LogP contribution in [-0.2, 0) is 22.6 Å². The van der Waals surface area contributed by atoms with Gasteiger partial charge in [-0.2, -0.15) is 15.2 Å². The molecular weight excluding hydrogens is 566 g/mol. The Balaban J connectivity index is 1.34. The van der Waals surface area contributed by atoms with Gasteiger partial charge in [0.1, 0.15) is 12.4 Å². The Kier molecular flexibility index (Phi) is 8.22. The van der Waals surface area contributed by atoms with Crippen LogP contribution in [0.2, 0.25) is 0 Å². The van der Waals surface area contributed by atoms with Crippen molar-refractivity contribution in [2.24, 2.45) is 0 Å². The molecule has 11 heteroatoms. The zero-order valence-electron chi connectivity index (χ0n) is 25.0. The molecule has 0 spiro atoms. The fraction of sp³-hybridized carbons (Fsp3) is 0.455. The summed E-state index contributed by atoms with van der Waals surface area (Å²) < 4.78 is 40.6. The smallest absolute Gasteiger partial charge is 0.318 e. The number of likely N-dealkylation sites (tertiary alicyclic amines) is 1. The standard InChI is InChI=1S/C33H36F2N6O3/c1-4-29(42)41-14-13-40(17-23(41)11-12-36)31-26-19-43-28(25-10-6-9-22-8-5-7-21(2)30(22)25)15-27(26)37-32(38-31)44-18-24-16-33(34,35)20-39(24)3/h4-10,23-24,28H,1,11,13-20H2,2-3H3/t23-,24-,28?/m0/s1. The van der Waals surface area contributed by atoms with Crippen molar-refractivity contribution in [3.63, 3.8) is 0 Å². The van der Waals surface area contributed by atoms with Gasteiger partial charge in [-0.05, 0) is 41.9 Å². The number of hydrogen-bond acceptors (Lipinski definition) is 8. The topological polar surface area (TPSA) is 94.8 Å². The maximum atomic E-state index is 14.1. The Morgan fingerprint density at radius 1 is 1.23 bits per heavy atom. The number of likely N-dealkylation sites (N-methyl/N-ethyl adjacent to an activating group) is 1. The Hall–Kier alpha value is -4.14. The first-order valence-corrected chi connectivity index (χ1v) is 14.9. The summed E-state index contributed by atoms with van der Waals surface area (Å²) in [6.07, 6.45) is 1.37. The minimum Gasteiger partial charge on any atom is -0.462 e. The van der Waals surface area contributed by atoms with Gasteiger partial charge in [-0.1, -0.05) is 43.0 Å². The van der Waals surface area contributed by atoms with Gasteiger partial charge in [-0.15, -0.1) is 0 Å². The first-order valence-electron chi connectivity index (χ1n) is 14.9. The monoisotopic (exact) mass is 602 g/mol. The largest absolute Gasteiger partial charge is 0.462 e. The first-order chi connectivity index (χ1) is 21.2. The average Bonchev–Trinajstić information content (AvgIpc) is 3.29. The summed E-state index contributed by atoms with van der Waals surface area (Å²) in [7, 11) is 1.67. The third-order valence-electron chi connectivity index (χ3n) is 8.96. The molecule has 1 amide bonds. The van der Waals surface area contributed by atoms with Crippen LogP contribution in [0.5, 0.6) is 6.01 Å². The van der Waals surface area contributed by atoms with E-state index in [2.05, 4.69) is 43.8 Å². The second kappa shape index (κ2) is 12.1. The number of rotatable bonds is 7. The van der Waals surface area contributed by atoms with Gasteiger partial charge in [-0.3, -0.25) is 9.69 Å². The summed E-state index contributed by atoms with van der Waals surface area (Å²) in [6.45, 7) is 6.95. The number of ether oxygens (including phenoxy) is 2. The van der Waals surface area contributed by atoms with E-state index in [-0.39, 0.29) is 56.7 Å². The van der Waals surface area contributed by atoms with Gasteiger partial charge < -0.3 is 19.3 Å². The highest BCUT2D eigenvalue weighted by Crippen LogP contribution is 2.39. The highest BCUT2D eigenvalue weighted by Gasteiger charge is 2.43. The van der Waals surface area contributed by atoms with Gasteiger partial charge in [-0.25, -0.2) is 8.78 Å². The molecule has 6 rings (SSSR count). The van der Waals surface area contributed by atoms with Gasteiger partial charge in [0.15, 0.2) is 0 Å². The van der Waals surface area contributed by atoms with Crippen molar-refractivity contribution < 1.29 is 23.0 Å². The average molecular weight is 603 g/mol. The van der Waals surface area contributed by atoms with Crippen molar-refractivity contribution >= 4 is 22.5 Å². The third-order valence-corrected chi connectivity index (χ3v) is 8.96. The van der Waals surface area contributed by atoms with Crippen LogP contribution < -0.4 is 9.64 Å². The lowest BCUT2D eigenvalue weighted by Gasteiger charge is -2.42. The Morgan fingerprint density at radius 2 is 2.02 bits per heavy atom. The molecule has 9 nitrogen and oxygen atoms in total. The van der Waals surface area contributed by atoms with Crippen LogP contribution in [0.4, 0.5) is 14.6 Å². The number of halogens is 2. The van der Waals surface area contributed by atoms with Crippen molar-refractivity contribution in [3.8, 4) is 12.1 Å². The number of benzene rings is 2. The van der Waals surface area contributed by atoms with Crippen LogP contribution >= 0.6 is 0 Å². The van der Waals surface area contributed by atoms with E-state index in [1.807, 2.05) is 17.0 Å².